The number of benzene rings is 1. The van der Waals surface area contributed by atoms with Crippen LogP contribution in [-0.4, -0.2) is 11.5 Å². The Balaban J connectivity index is 1.89. The first-order chi connectivity index (χ1) is 10.2. The van der Waals surface area contributed by atoms with Crippen molar-refractivity contribution < 1.29 is 0 Å². The molecule has 1 aromatic heterocycles. The highest BCUT2D eigenvalue weighted by Crippen LogP contribution is 2.41. The molecule has 3 rings (SSSR count). The van der Waals surface area contributed by atoms with Gasteiger partial charge < -0.3 is 5.73 Å². The van der Waals surface area contributed by atoms with Crippen LogP contribution in [0.1, 0.15) is 30.4 Å². The number of hydrogen-bond donors (Lipinski definition) is 1. The minimum absolute atomic E-state index is 0.0105. The van der Waals surface area contributed by atoms with Crippen molar-refractivity contribution in [3.8, 4) is 0 Å². The van der Waals surface area contributed by atoms with Crippen molar-refractivity contribution in [2.45, 2.75) is 24.7 Å². The summed E-state index contributed by atoms with van der Waals surface area (Å²) in [6, 6.07) is 12.2. The van der Waals surface area contributed by atoms with Crippen molar-refractivity contribution in [2.24, 2.45) is 5.73 Å². The van der Waals surface area contributed by atoms with Crippen LogP contribution in [0.2, 0.25) is 5.02 Å². The van der Waals surface area contributed by atoms with Gasteiger partial charge >= 0.3 is 0 Å². The molecule has 3 heteroatoms. The molecule has 0 aliphatic heterocycles. The van der Waals surface area contributed by atoms with Gasteiger partial charge in [-0.25, -0.2) is 0 Å². The topological polar surface area (TPSA) is 38.9 Å². The van der Waals surface area contributed by atoms with Crippen molar-refractivity contribution >= 4 is 17.2 Å². The Bertz CT molecular complexity index is 651. The molecule has 2 N–H and O–H groups in total. The van der Waals surface area contributed by atoms with Crippen LogP contribution in [0.5, 0.6) is 0 Å². The molecule has 0 radical (unpaired) electrons. The van der Waals surface area contributed by atoms with E-state index in [1.807, 2.05) is 30.6 Å². The second-order valence-corrected chi connectivity index (χ2v) is 6.11. The molecule has 2 aromatic rings. The van der Waals surface area contributed by atoms with Crippen LogP contribution in [-0.2, 0) is 5.41 Å². The molecule has 0 spiro atoms. The first-order valence-electron chi connectivity index (χ1n) is 7.29. The van der Waals surface area contributed by atoms with Crippen LogP contribution >= 0.6 is 11.6 Å². The van der Waals surface area contributed by atoms with Gasteiger partial charge in [-0.3, -0.25) is 4.98 Å². The maximum absolute atomic E-state index is 6.14. The highest BCUT2D eigenvalue weighted by atomic mass is 35.5. The van der Waals surface area contributed by atoms with Gasteiger partial charge in [0, 0.05) is 29.4 Å². The summed E-state index contributed by atoms with van der Waals surface area (Å²) >= 11 is 6.14. The van der Waals surface area contributed by atoms with E-state index < -0.39 is 0 Å². The van der Waals surface area contributed by atoms with E-state index in [1.54, 1.807) is 0 Å². The van der Waals surface area contributed by atoms with Gasteiger partial charge in [0.1, 0.15) is 0 Å². The fourth-order valence-corrected chi connectivity index (χ4v) is 3.29. The van der Waals surface area contributed by atoms with E-state index in [9.17, 15) is 0 Å². The number of aromatic nitrogens is 1. The van der Waals surface area contributed by atoms with Gasteiger partial charge in [-0.1, -0.05) is 35.9 Å². The third kappa shape index (κ3) is 2.87. The average molecular weight is 299 g/mol. The van der Waals surface area contributed by atoms with Gasteiger partial charge in [0.25, 0.3) is 0 Å². The lowest BCUT2D eigenvalue weighted by Crippen LogP contribution is -2.36. The Kier molecular flexibility index (Phi) is 4.09. The fourth-order valence-electron chi connectivity index (χ4n) is 3.10. The first kappa shape index (κ1) is 14.3. The molecule has 1 atom stereocenters. The standard InChI is InChI=1S/C18H19ClN2/c19-17-5-1-4-16(11-17)18(13-20)8-6-14(7-9-18)15-3-2-10-21-12-15/h1-6,10-12H,7-9,13,20H2. The summed E-state index contributed by atoms with van der Waals surface area (Å²) < 4.78 is 0. The van der Waals surface area contributed by atoms with Crippen molar-refractivity contribution in [1.29, 1.82) is 0 Å². The minimum Gasteiger partial charge on any atom is -0.330 e. The number of pyridine rings is 1. The van der Waals surface area contributed by atoms with E-state index in [2.05, 4.69) is 29.3 Å². The molecule has 0 amide bonds. The van der Waals surface area contributed by atoms with Crippen LogP contribution < -0.4 is 5.73 Å². The second-order valence-electron chi connectivity index (χ2n) is 5.67. The lowest BCUT2D eigenvalue weighted by molar-refractivity contribution is 0.402. The van der Waals surface area contributed by atoms with Gasteiger partial charge in [0.05, 0.1) is 0 Å². The molecule has 1 heterocycles. The van der Waals surface area contributed by atoms with Crippen molar-refractivity contribution in [3.05, 3.63) is 71.0 Å². The van der Waals surface area contributed by atoms with Gasteiger partial charge in [-0.05, 0) is 54.2 Å². The van der Waals surface area contributed by atoms with Crippen molar-refractivity contribution in [3.63, 3.8) is 0 Å². The summed E-state index contributed by atoms with van der Waals surface area (Å²) in [4.78, 5) is 4.20. The van der Waals surface area contributed by atoms with Gasteiger partial charge in [0.15, 0.2) is 0 Å². The van der Waals surface area contributed by atoms with E-state index in [0.717, 1.165) is 24.3 Å². The zero-order chi connectivity index (χ0) is 14.7. The van der Waals surface area contributed by atoms with E-state index in [1.165, 1.54) is 16.7 Å². The lowest BCUT2D eigenvalue weighted by atomic mass is 9.69. The summed E-state index contributed by atoms with van der Waals surface area (Å²) in [5.41, 5.74) is 9.97. The second kappa shape index (κ2) is 6.00. The normalized spacial score (nSPS) is 21.9. The molecule has 108 valence electrons. The third-order valence-electron chi connectivity index (χ3n) is 4.47. The molecular formula is C18H19ClN2. The number of halogens is 1. The Hall–Kier alpha value is -1.64. The molecule has 0 fully saturated rings. The summed E-state index contributed by atoms with van der Waals surface area (Å²) in [5.74, 6) is 0. The SMILES string of the molecule is NCC1(c2cccc(Cl)c2)CC=C(c2cccnc2)CC1. The van der Waals surface area contributed by atoms with E-state index in [4.69, 9.17) is 17.3 Å². The zero-order valence-corrected chi connectivity index (χ0v) is 12.7. The van der Waals surface area contributed by atoms with Crippen molar-refractivity contribution in [2.75, 3.05) is 6.54 Å². The highest BCUT2D eigenvalue weighted by Gasteiger charge is 2.32. The Labute approximate surface area is 130 Å². The largest absolute Gasteiger partial charge is 0.330 e. The Morgan fingerprint density at radius 3 is 2.76 bits per heavy atom. The van der Waals surface area contributed by atoms with Crippen LogP contribution in [0, 0.1) is 0 Å². The average Bonchev–Trinajstić information content (AvgIpc) is 2.56. The summed E-state index contributed by atoms with van der Waals surface area (Å²) in [6.45, 7) is 0.643. The van der Waals surface area contributed by atoms with Crippen LogP contribution in [0.15, 0.2) is 54.9 Å². The molecule has 1 unspecified atom stereocenters. The molecule has 0 bridgehead atoms. The van der Waals surface area contributed by atoms with E-state index in [-0.39, 0.29) is 5.41 Å². The predicted octanol–water partition coefficient (Wildman–Crippen LogP) is 4.20. The van der Waals surface area contributed by atoms with Crippen molar-refractivity contribution in [1.82, 2.24) is 4.98 Å². The highest BCUT2D eigenvalue weighted by molar-refractivity contribution is 6.30. The molecule has 0 saturated heterocycles. The molecule has 1 aromatic carbocycles. The Morgan fingerprint density at radius 2 is 2.14 bits per heavy atom. The third-order valence-corrected chi connectivity index (χ3v) is 4.71. The van der Waals surface area contributed by atoms with Gasteiger partial charge in [0.2, 0.25) is 0 Å². The number of hydrogen-bond acceptors (Lipinski definition) is 2. The molecule has 21 heavy (non-hydrogen) atoms. The number of allylic oxidation sites excluding steroid dienone is 2. The van der Waals surface area contributed by atoms with Gasteiger partial charge in [-0.2, -0.15) is 0 Å². The van der Waals surface area contributed by atoms with Crippen LogP contribution in [0.3, 0.4) is 0 Å². The zero-order valence-electron chi connectivity index (χ0n) is 11.9. The lowest BCUT2D eigenvalue weighted by Gasteiger charge is -2.36. The Morgan fingerprint density at radius 1 is 1.24 bits per heavy atom. The monoisotopic (exact) mass is 298 g/mol. The maximum Gasteiger partial charge on any atom is 0.0408 e. The summed E-state index contributed by atoms with van der Waals surface area (Å²) in [7, 11) is 0. The van der Waals surface area contributed by atoms with Gasteiger partial charge in [-0.15, -0.1) is 0 Å². The quantitative estimate of drug-likeness (QED) is 0.922. The summed E-state index contributed by atoms with van der Waals surface area (Å²) in [5, 5.41) is 0.780. The fraction of sp³-hybridized carbons (Fsp3) is 0.278. The smallest absolute Gasteiger partial charge is 0.0408 e. The minimum atomic E-state index is 0.0105. The first-order valence-corrected chi connectivity index (χ1v) is 7.67. The maximum atomic E-state index is 6.14. The van der Waals surface area contributed by atoms with E-state index >= 15 is 0 Å². The predicted molar refractivity (Wildman–Crippen MR) is 88.2 cm³/mol. The number of nitrogens with two attached hydrogens (primary N) is 1. The molecule has 1 aliphatic carbocycles. The molecule has 0 saturated carbocycles. The molecule has 2 nitrogen and oxygen atoms in total. The van der Waals surface area contributed by atoms with Crippen LogP contribution in [0.25, 0.3) is 5.57 Å². The number of rotatable bonds is 3. The molecule has 1 aliphatic rings. The molecular weight excluding hydrogens is 280 g/mol. The van der Waals surface area contributed by atoms with Crippen LogP contribution in [0.4, 0.5) is 0 Å². The summed E-state index contributed by atoms with van der Waals surface area (Å²) in [6.07, 6.45) is 9.08. The number of nitrogens with zero attached hydrogens (tertiary/aromatic N) is 1. The van der Waals surface area contributed by atoms with E-state index in [0.29, 0.717) is 6.54 Å².